The molecule has 196 valence electrons. The maximum atomic E-state index is 13.2. The van der Waals surface area contributed by atoms with Gasteiger partial charge in [-0.25, -0.2) is 17.6 Å². The lowest BCUT2D eigenvalue weighted by Gasteiger charge is -2.22. The van der Waals surface area contributed by atoms with Crippen molar-refractivity contribution in [1.29, 1.82) is 0 Å². The molecular formula is C24H29FN2O7S2. The molecule has 1 aromatic carbocycles. The van der Waals surface area contributed by atoms with E-state index in [-0.39, 0.29) is 35.1 Å². The van der Waals surface area contributed by atoms with Gasteiger partial charge >= 0.3 is 11.9 Å². The van der Waals surface area contributed by atoms with E-state index >= 15 is 0 Å². The summed E-state index contributed by atoms with van der Waals surface area (Å²) in [6.45, 7) is 5.26. The first-order valence-corrected chi connectivity index (χ1v) is 14.0. The number of ether oxygens (including phenoxy) is 2. The average Bonchev–Trinajstić information content (AvgIpc) is 3.21. The minimum Gasteiger partial charge on any atom is -0.466 e. The fraction of sp³-hybridized carbons (Fsp3) is 0.458. The number of aryl methyl sites for hydroxylation is 1. The van der Waals surface area contributed by atoms with Crippen LogP contribution in [0.3, 0.4) is 0 Å². The van der Waals surface area contributed by atoms with Crippen LogP contribution in [0.2, 0.25) is 0 Å². The number of halogens is 1. The van der Waals surface area contributed by atoms with Crippen LogP contribution in [0.1, 0.15) is 66.8 Å². The molecule has 1 aliphatic carbocycles. The summed E-state index contributed by atoms with van der Waals surface area (Å²) in [4.78, 5) is 39.3. The third-order valence-electron chi connectivity index (χ3n) is 5.70. The van der Waals surface area contributed by atoms with Crippen molar-refractivity contribution in [2.75, 3.05) is 18.5 Å². The summed E-state index contributed by atoms with van der Waals surface area (Å²) in [5.74, 6) is -3.05. The molecule has 1 heterocycles. The highest BCUT2D eigenvalue weighted by atomic mass is 32.2. The van der Waals surface area contributed by atoms with Crippen molar-refractivity contribution < 1.29 is 36.7 Å². The molecule has 0 bridgehead atoms. The number of amides is 1. The van der Waals surface area contributed by atoms with Crippen molar-refractivity contribution in [2.24, 2.45) is 0 Å². The minimum atomic E-state index is -4.12. The second-order valence-corrected chi connectivity index (χ2v) is 10.9. The van der Waals surface area contributed by atoms with Gasteiger partial charge in [0.05, 0.1) is 29.6 Å². The van der Waals surface area contributed by atoms with Crippen LogP contribution in [0.15, 0.2) is 29.2 Å². The number of carbonyl (C=O) groups excluding carboxylic acids is 3. The summed E-state index contributed by atoms with van der Waals surface area (Å²) in [5, 5.41) is 2.87. The van der Waals surface area contributed by atoms with Crippen LogP contribution in [0.25, 0.3) is 0 Å². The number of carbonyl (C=O) groups is 3. The molecule has 0 radical (unpaired) electrons. The number of sulfonamides is 1. The molecule has 12 heteroatoms. The van der Waals surface area contributed by atoms with Gasteiger partial charge in [0, 0.05) is 4.88 Å². The molecule has 1 aromatic heterocycles. The Hall–Kier alpha value is -2.83. The van der Waals surface area contributed by atoms with Crippen LogP contribution in [0.5, 0.6) is 0 Å². The maximum Gasteiger partial charge on any atom is 0.341 e. The lowest BCUT2D eigenvalue weighted by atomic mass is 9.85. The molecular weight excluding hydrogens is 511 g/mol. The lowest BCUT2D eigenvalue weighted by molar-refractivity contribution is -0.145. The van der Waals surface area contributed by atoms with E-state index in [2.05, 4.69) is 10.0 Å². The number of hydrogen-bond donors (Lipinski definition) is 2. The Morgan fingerprint density at radius 1 is 1.11 bits per heavy atom. The second kappa shape index (κ2) is 11.9. The molecule has 0 aliphatic heterocycles. The molecule has 1 amide bonds. The number of anilines is 1. The number of rotatable bonds is 10. The zero-order chi connectivity index (χ0) is 26.5. The third-order valence-corrected chi connectivity index (χ3v) is 8.37. The molecule has 9 nitrogen and oxygen atoms in total. The van der Waals surface area contributed by atoms with Crippen LogP contribution in [0.4, 0.5) is 9.39 Å². The number of nitrogens with one attached hydrogen (secondary N) is 2. The summed E-state index contributed by atoms with van der Waals surface area (Å²) in [5.41, 5.74) is 0.595. The van der Waals surface area contributed by atoms with Crippen LogP contribution in [-0.4, -0.2) is 45.5 Å². The molecule has 0 spiro atoms. The highest BCUT2D eigenvalue weighted by Crippen LogP contribution is 2.44. The molecule has 1 aliphatic rings. The van der Waals surface area contributed by atoms with Crippen molar-refractivity contribution >= 4 is 44.2 Å². The smallest absolute Gasteiger partial charge is 0.341 e. The van der Waals surface area contributed by atoms with Gasteiger partial charge in [-0.05, 0) is 69.4 Å². The van der Waals surface area contributed by atoms with Crippen LogP contribution < -0.4 is 10.0 Å². The zero-order valence-electron chi connectivity index (χ0n) is 20.3. The van der Waals surface area contributed by atoms with E-state index in [4.69, 9.17) is 9.47 Å². The van der Waals surface area contributed by atoms with Gasteiger partial charge in [-0.15, -0.1) is 11.3 Å². The number of thiophene rings is 1. The van der Waals surface area contributed by atoms with Crippen molar-refractivity contribution in [3.05, 3.63) is 46.1 Å². The summed E-state index contributed by atoms with van der Waals surface area (Å²) in [6.07, 6.45) is 1.93. The van der Waals surface area contributed by atoms with Gasteiger partial charge in [0.15, 0.2) is 0 Å². The van der Waals surface area contributed by atoms with Gasteiger partial charge < -0.3 is 14.8 Å². The molecule has 0 saturated carbocycles. The lowest BCUT2D eigenvalue weighted by Crippen LogP contribution is -2.43. The Labute approximate surface area is 213 Å². The van der Waals surface area contributed by atoms with E-state index in [9.17, 15) is 27.2 Å². The largest absolute Gasteiger partial charge is 0.466 e. The van der Waals surface area contributed by atoms with E-state index < -0.39 is 45.6 Å². The van der Waals surface area contributed by atoms with Crippen LogP contribution in [0, 0.1) is 5.82 Å². The first kappa shape index (κ1) is 27.8. The quantitative estimate of drug-likeness (QED) is 0.440. The summed E-state index contributed by atoms with van der Waals surface area (Å²) in [7, 11) is -4.12. The van der Waals surface area contributed by atoms with Gasteiger partial charge in [0.1, 0.15) is 16.9 Å². The molecule has 0 fully saturated rings. The maximum absolute atomic E-state index is 13.2. The highest BCUT2D eigenvalue weighted by Gasteiger charge is 2.37. The molecule has 36 heavy (non-hydrogen) atoms. The first-order valence-electron chi connectivity index (χ1n) is 11.7. The van der Waals surface area contributed by atoms with E-state index in [0.29, 0.717) is 24.8 Å². The number of fused-ring (bicyclic) bond motifs is 1. The summed E-state index contributed by atoms with van der Waals surface area (Å²) < 4.78 is 51.4. The molecule has 2 aromatic rings. The Bertz CT molecular complexity index is 1230. The topological polar surface area (TPSA) is 128 Å². The highest BCUT2D eigenvalue weighted by molar-refractivity contribution is 7.89. The van der Waals surface area contributed by atoms with E-state index in [1.165, 1.54) is 11.3 Å². The Morgan fingerprint density at radius 2 is 1.78 bits per heavy atom. The summed E-state index contributed by atoms with van der Waals surface area (Å²) >= 11 is 1.17. The third kappa shape index (κ3) is 6.11. The first-order chi connectivity index (χ1) is 17.1. The van der Waals surface area contributed by atoms with Gasteiger partial charge in [-0.1, -0.05) is 6.92 Å². The monoisotopic (exact) mass is 540 g/mol. The SMILES string of the molecule is CCOC(=O)c1c(NC(=O)C(CC)NS(=O)(=O)c2ccc(F)cc2)sc2c1C(C(=O)OCC)CCC2. The summed E-state index contributed by atoms with van der Waals surface area (Å²) in [6, 6.07) is 3.05. The fourth-order valence-electron chi connectivity index (χ4n) is 4.02. The van der Waals surface area contributed by atoms with Crippen molar-refractivity contribution in [3.8, 4) is 0 Å². The molecule has 2 atom stereocenters. The fourth-order valence-corrected chi connectivity index (χ4v) is 6.59. The number of benzene rings is 1. The number of hydrogen-bond acceptors (Lipinski definition) is 8. The zero-order valence-corrected chi connectivity index (χ0v) is 21.9. The number of esters is 2. The van der Waals surface area contributed by atoms with Crippen LogP contribution >= 0.6 is 11.3 Å². The Morgan fingerprint density at radius 3 is 2.39 bits per heavy atom. The average molecular weight is 541 g/mol. The van der Waals surface area contributed by atoms with Gasteiger partial charge in [-0.3, -0.25) is 9.59 Å². The second-order valence-electron chi connectivity index (χ2n) is 8.09. The molecule has 2 N–H and O–H groups in total. The predicted octanol–water partition coefficient (Wildman–Crippen LogP) is 3.74. The molecule has 3 rings (SSSR count). The van der Waals surface area contributed by atoms with Crippen molar-refractivity contribution in [2.45, 2.75) is 63.3 Å². The van der Waals surface area contributed by atoms with E-state index in [1.807, 2.05) is 0 Å². The van der Waals surface area contributed by atoms with Crippen molar-refractivity contribution in [1.82, 2.24) is 4.72 Å². The van der Waals surface area contributed by atoms with Crippen LogP contribution in [-0.2, 0) is 35.5 Å². The predicted molar refractivity (Wildman–Crippen MR) is 132 cm³/mol. The minimum absolute atomic E-state index is 0.0932. The Kier molecular flexibility index (Phi) is 9.20. The van der Waals surface area contributed by atoms with Gasteiger partial charge in [-0.2, -0.15) is 4.72 Å². The normalized spacial score (nSPS) is 16.1. The molecule has 0 saturated heterocycles. The molecule has 2 unspecified atom stereocenters. The van der Waals surface area contributed by atoms with E-state index in [0.717, 1.165) is 29.1 Å². The van der Waals surface area contributed by atoms with E-state index in [1.54, 1.807) is 20.8 Å². The van der Waals surface area contributed by atoms with Gasteiger partial charge in [0.25, 0.3) is 0 Å². The van der Waals surface area contributed by atoms with Gasteiger partial charge in [0.2, 0.25) is 15.9 Å². The van der Waals surface area contributed by atoms with Crippen molar-refractivity contribution in [3.63, 3.8) is 0 Å². The Balaban J connectivity index is 1.92. The standard InChI is InChI=1S/C24H29FN2O7S2/c1-4-17(27-36(31,32)15-12-10-14(25)11-13-15)21(28)26-22-20(24(30)34-6-3)19-16(23(29)33-5-2)8-7-9-18(19)35-22/h10-13,16-17,27H,4-9H2,1-3H3,(H,26,28).